The molecule has 0 aliphatic carbocycles. The first-order chi connectivity index (χ1) is 10.0. The number of aryl methyl sites for hydroxylation is 1. The molecule has 0 radical (unpaired) electrons. The van der Waals surface area contributed by atoms with Crippen LogP contribution in [0.4, 0.5) is 5.69 Å². The van der Waals surface area contributed by atoms with Gasteiger partial charge in [0.25, 0.3) is 0 Å². The number of anilines is 1. The van der Waals surface area contributed by atoms with Gasteiger partial charge >= 0.3 is 0 Å². The summed E-state index contributed by atoms with van der Waals surface area (Å²) < 4.78 is 5.87. The van der Waals surface area contributed by atoms with E-state index in [1.807, 2.05) is 55.4 Å². The molecule has 0 aliphatic heterocycles. The largest absolute Gasteiger partial charge is 0.456 e. The van der Waals surface area contributed by atoms with E-state index in [0.29, 0.717) is 11.3 Å². The quantitative estimate of drug-likeness (QED) is 0.781. The Hall–Kier alpha value is -2.12. The van der Waals surface area contributed by atoms with Gasteiger partial charge in [0.1, 0.15) is 17.6 Å². The molecule has 0 aromatic heterocycles. The summed E-state index contributed by atoms with van der Waals surface area (Å²) in [6.07, 6.45) is 2.05. The number of ether oxygens (including phenoxy) is 1. The molecule has 0 fully saturated rings. The van der Waals surface area contributed by atoms with Crippen molar-refractivity contribution in [2.45, 2.75) is 11.8 Å². The van der Waals surface area contributed by atoms with E-state index in [4.69, 9.17) is 4.74 Å². The zero-order valence-electron chi connectivity index (χ0n) is 12.7. The van der Waals surface area contributed by atoms with Crippen LogP contribution in [0.1, 0.15) is 11.1 Å². The molecule has 4 heteroatoms. The molecule has 2 aromatic carbocycles. The van der Waals surface area contributed by atoms with Gasteiger partial charge in [0, 0.05) is 24.7 Å². The van der Waals surface area contributed by atoms with Gasteiger partial charge in [-0.15, -0.1) is 11.8 Å². The first-order valence-electron chi connectivity index (χ1n) is 6.59. The Balaban J connectivity index is 2.31. The van der Waals surface area contributed by atoms with Gasteiger partial charge < -0.3 is 9.64 Å². The molecule has 0 aliphatic rings. The number of nitrogens with zero attached hydrogens (tertiary/aromatic N) is 2. The van der Waals surface area contributed by atoms with Crippen molar-refractivity contribution in [3.63, 3.8) is 0 Å². The van der Waals surface area contributed by atoms with E-state index < -0.39 is 0 Å². The second-order valence-electron chi connectivity index (χ2n) is 4.92. The van der Waals surface area contributed by atoms with Crippen LogP contribution in [0.2, 0.25) is 0 Å². The van der Waals surface area contributed by atoms with Gasteiger partial charge in [0.05, 0.1) is 5.56 Å². The molecule has 108 valence electrons. The van der Waals surface area contributed by atoms with Gasteiger partial charge in [-0.2, -0.15) is 5.26 Å². The van der Waals surface area contributed by atoms with E-state index in [2.05, 4.69) is 19.2 Å². The number of hydrogen-bond donors (Lipinski definition) is 0. The van der Waals surface area contributed by atoms with Gasteiger partial charge in [-0.3, -0.25) is 0 Å². The summed E-state index contributed by atoms with van der Waals surface area (Å²) in [5.74, 6) is 1.33. The van der Waals surface area contributed by atoms with Crippen LogP contribution in [0.15, 0.2) is 41.3 Å². The molecule has 0 N–H and O–H groups in total. The van der Waals surface area contributed by atoms with Crippen molar-refractivity contribution in [3.05, 3.63) is 47.5 Å². The minimum absolute atomic E-state index is 0.535. The van der Waals surface area contributed by atoms with Crippen molar-refractivity contribution in [1.82, 2.24) is 0 Å². The average Bonchev–Trinajstić information content (AvgIpc) is 2.47. The maximum absolute atomic E-state index is 9.29. The van der Waals surface area contributed by atoms with Crippen molar-refractivity contribution < 1.29 is 4.74 Å². The molecular weight excluding hydrogens is 280 g/mol. The number of benzene rings is 2. The van der Waals surface area contributed by atoms with E-state index in [-0.39, 0.29) is 0 Å². The number of rotatable bonds is 4. The van der Waals surface area contributed by atoms with Gasteiger partial charge in [0.15, 0.2) is 0 Å². The predicted molar refractivity (Wildman–Crippen MR) is 88.5 cm³/mol. The summed E-state index contributed by atoms with van der Waals surface area (Å²) in [4.78, 5) is 3.19. The smallest absolute Gasteiger partial charge is 0.145 e. The lowest BCUT2D eigenvalue weighted by Gasteiger charge is -2.15. The van der Waals surface area contributed by atoms with Crippen LogP contribution in [0.25, 0.3) is 0 Å². The summed E-state index contributed by atoms with van der Waals surface area (Å²) in [6.45, 7) is 2.05. The van der Waals surface area contributed by atoms with Crippen molar-refractivity contribution in [3.8, 4) is 17.6 Å². The third-order valence-corrected chi connectivity index (χ3v) is 4.09. The van der Waals surface area contributed by atoms with E-state index in [1.165, 1.54) is 10.5 Å². The minimum atomic E-state index is 0.535. The molecule has 0 bridgehead atoms. The lowest BCUT2D eigenvalue weighted by molar-refractivity contribution is 0.480. The van der Waals surface area contributed by atoms with Crippen LogP contribution in [-0.2, 0) is 0 Å². The third kappa shape index (κ3) is 3.50. The minimum Gasteiger partial charge on any atom is -0.456 e. The van der Waals surface area contributed by atoms with Crippen molar-refractivity contribution >= 4 is 17.4 Å². The van der Waals surface area contributed by atoms with E-state index in [0.717, 1.165) is 11.4 Å². The predicted octanol–water partition coefficient (Wildman–Crippen LogP) is 4.45. The Labute approximate surface area is 130 Å². The first-order valence-corrected chi connectivity index (χ1v) is 7.81. The fourth-order valence-electron chi connectivity index (χ4n) is 2.01. The molecule has 0 spiro atoms. The normalized spacial score (nSPS) is 10.0. The highest BCUT2D eigenvalue weighted by Crippen LogP contribution is 2.31. The van der Waals surface area contributed by atoms with Crippen LogP contribution < -0.4 is 9.64 Å². The van der Waals surface area contributed by atoms with Gasteiger partial charge in [-0.05, 0) is 55.1 Å². The second kappa shape index (κ2) is 6.55. The Kier molecular flexibility index (Phi) is 4.77. The van der Waals surface area contributed by atoms with Crippen LogP contribution in [-0.4, -0.2) is 20.4 Å². The highest BCUT2D eigenvalue weighted by molar-refractivity contribution is 7.98. The molecule has 0 unspecified atom stereocenters. The number of nitriles is 1. The summed E-state index contributed by atoms with van der Waals surface area (Å²) in [5, 5.41) is 9.29. The Morgan fingerprint density at radius 1 is 1.14 bits per heavy atom. The highest BCUT2D eigenvalue weighted by Gasteiger charge is 2.08. The Morgan fingerprint density at radius 2 is 1.90 bits per heavy atom. The number of hydrogen-bond acceptors (Lipinski definition) is 4. The SMILES string of the molecule is CSc1ccc(Oc2ccc(N(C)C)cc2C#N)cc1C. The molecule has 0 saturated heterocycles. The van der Waals surface area contributed by atoms with Crippen LogP contribution in [0.5, 0.6) is 11.5 Å². The number of thioether (sulfide) groups is 1. The molecule has 2 aromatic rings. The Morgan fingerprint density at radius 3 is 2.48 bits per heavy atom. The van der Waals surface area contributed by atoms with E-state index in [1.54, 1.807) is 11.8 Å². The molecule has 0 atom stereocenters. The fraction of sp³-hybridized carbons (Fsp3) is 0.235. The topological polar surface area (TPSA) is 36.3 Å². The van der Waals surface area contributed by atoms with Crippen molar-refractivity contribution in [2.75, 3.05) is 25.3 Å². The van der Waals surface area contributed by atoms with Crippen LogP contribution >= 0.6 is 11.8 Å². The molecule has 3 nitrogen and oxygen atoms in total. The molecule has 0 heterocycles. The monoisotopic (exact) mass is 298 g/mol. The molecular formula is C17H18N2OS. The summed E-state index contributed by atoms with van der Waals surface area (Å²) in [7, 11) is 3.89. The summed E-state index contributed by atoms with van der Waals surface area (Å²) in [6, 6.07) is 13.8. The van der Waals surface area contributed by atoms with Gasteiger partial charge in [0.2, 0.25) is 0 Å². The van der Waals surface area contributed by atoms with Crippen LogP contribution in [0, 0.1) is 18.3 Å². The standard InChI is InChI=1S/C17H18N2OS/c1-12-9-15(6-8-17(12)21-4)20-16-7-5-14(19(2)3)10-13(16)11-18/h5-10H,1-4H3. The van der Waals surface area contributed by atoms with Gasteiger partial charge in [-0.25, -0.2) is 0 Å². The maximum atomic E-state index is 9.29. The Bertz CT molecular complexity index is 690. The average molecular weight is 298 g/mol. The van der Waals surface area contributed by atoms with E-state index in [9.17, 15) is 5.26 Å². The first kappa shape index (κ1) is 15.3. The maximum Gasteiger partial charge on any atom is 0.145 e. The second-order valence-corrected chi connectivity index (χ2v) is 5.77. The molecule has 0 saturated carbocycles. The molecule has 2 rings (SSSR count). The van der Waals surface area contributed by atoms with Crippen molar-refractivity contribution in [1.29, 1.82) is 5.26 Å². The van der Waals surface area contributed by atoms with Gasteiger partial charge in [-0.1, -0.05) is 0 Å². The lowest BCUT2D eigenvalue weighted by Crippen LogP contribution is -2.08. The van der Waals surface area contributed by atoms with E-state index >= 15 is 0 Å². The van der Waals surface area contributed by atoms with Crippen molar-refractivity contribution in [2.24, 2.45) is 0 Å². The summed E-state index contributed by atoms with van der Waals surface area (Å²) >= 11 is 1.71. The molecule has 0 amide bonds. The fourth-order valence-corrected chi connectivity index (χ4v) is 2.60. The summed E-state index contributed by atoms with van der Waals surface area (Å²) in [5.41, 5.74) is 2.68. The third-order valence-electron chi connectivity index (χ3n) is 3.19. The lowest BCUT2D eigenvalue weighted by atomic mass is 10.2. The zero-order valence-corrected chi connectivity index (χ0v) is 13.5. The molecule has 21 heavy (non-hydrogen) atoms. The zero-order chi connectivity index (χ0) is 15.4. The van der Waals surface area contributed by atoms with Crippen LogP contribution in [0.3, 0.4) is 0 Å². The highest BCUT2D eigenvalue weighted by atomic mass is 32.2.